The molecule has 1 aromatic carbocycles. The van der Waals surface area contributed by atoms with Crippen molar-refractivity contribution in [3.8, 4) is 0 Å². The Morgan fingerprint density at radius 2 is 2.00 bits per heavy atom. The van der Waals surface area contributed by atoms with Gasteiger partial charge in [0.05, 0.1) is 12.1 Å². The number of carbonyl (C=O) groups excluding carboxylic acids is 2. The molecule has 1 atom stereocenters. The van der Waals surface area contributed by atoms with Crippen LogP contribution < -0.4 is 0 Å². The second-order valence-corrected chi connectivity index (χ2v) is 5.82. The molecule has 2 aromatic rings. The van der Waals surface area contributed by atoms with Gasteiger partial charge in [0, 0.05) is 12.4 Å². The van der Waals surface area contributed by atoms with Crippen LogP contribution >= 0.6 is 11.8 Å². The summed E-state index contributed by atoms with van der Waals surface area (Å²) in [6.07, 6.45) is 1.72. The zero-order valence-electron chi connectivity index (χ0n) is 11.2. The summed E-state index contributed by atoms with van der Waals surface area (Å²) >= 11 is 1.17. The smallest absolute Gasteiger partial charge is 0.272 e. The van der Waals surface area contributed by atoms with Gasteiger partial charge in [-0.1, -0.05) is 18.2 Å². The molecule has 1 aromatic heterocycles. The Kier molecular flexibility index (Phi) is 2.88. The Balaban J connectivity index is 2.35. The van der Waals surface area contributed by atoms with Crippen molar-refractivity contribution in [1.29, 1.82) is 0 Å². The highest BCUT2D eigenvalue weighted by molar-refractivity contribution is 8.00. The second-order valence-electron chi connectivity index (χ2n) is 4.74. The summed E-state index contributed by atoms with van der Waals surface area (Å²) < 4.78 is 1.42. The van der Waals surface area contributed by atoms with Crippen molar-refractivity contribution in [2.24, 2.45) is 0 Å². The second kappa shape index (κ2) is 4.36. The monoisotopic (exact) mass is 290 g/mol. The van der Waals surface area contributed by atoms with Gasteiger partial charge in [-0.25, -0.2) is 0 Å². The van der Waals surface area contributed by atoms with E-state index >= 15 is 0 Å². The topological polar surface area (TPSA) is 62.5 Å². The number of hydrogen-bond acceptors (Lipinski definition) is 4. The molecular formula is C14H14N2O3S. The fourth-order valence-corrected chi connectivity index (χ4v) is 3.40. The van der Waals surface area contributed by atoms with E-state index < -0.39 is 11.5 Å². The summed E-state index contributed by atoms with van der Waals surface area (Å²) in [4.78, 5) is 25.4. The van der Waals surface area contributed by atoms with Gasteiger partial charge in [0.2, 0.25) is 0 Å². The molecule has 1 amide bonds. The summed E-state index contributed by atoms with van der Waals surface area (Å²) in [5, 5.41) is 10.5. The van der Waals surface area contributed by atoms with Crippen LogP contribution in [0.25, 0.3) is 10.9 Å². The highest BCUT2D eigenvalue weighted by Gasteiger charge is 2.50. The first-order valence-corrected chi connectivity index (χ1v) is 7.39. The molecule has 1 N–H and O–H groups in total. The molecule has 6 heteroatoms. The summed E-state index contributed by atoms with van der Waals surface area (Å²) in [7, 11) is 1.55. The van der Waals surface area contributed by atoms with E-state index in [1.54, 1.807) is 25.4 Å². The number of aromatic nitrogens is 1. The van der Waals surface area contributed by atoms with Gasteiger partial charge in [-0.15, -0.1) is 11.8 Å². The van der Waals surface area contributed by atoms with Crippen molar-refractivity contribution in [3.63, 3.8) is 0 Å². The van der Waals surface area contributed by atoms with Crippen LogP contribution in [0.5, 0.6) is 0 Å². The van der Waals surface area contributed by atoms with Gasteiger partial charge in [0.1, 0.15) is 5.69 Å². The molecule has 1 unspecified atom stereocenters. The van der Waals surface area contributed by atoms with Crippen molar-refractivity contribution in [2.45, 2.75) is 4.87 Å². The minimum absolute atomic E-state index is 0.260. The Morgan fingerprint density at radius 3 is 2.65 bits per heavy atom. The number of aliphatic hydroxyl groups excluding tert-OH is 1. The first-order chi connectivity index (χ1) is 9.56. The zero-order valence-corrected chi connectivity index (χ0v) is 12.0. The third kappa shape index (κ3) is 1.43. The lowest BCUT2D eigenvalue weighted by Gasteiger charge is -2.41. The molecule has 0 bridgehead atoms. The Labute approximate surface area is 120 Å². The minimum Gasteiger partial charge on any atom is -0.392 e. The molecule has 0 radical (unpaired) electrons. The number of para-hydroxylation sites is 1. The zero-order chi connectivity index (χ0) is 14.5. The van der Waals surface area contributed by atoms with Crippen molar-refractivity contribution in [3.05, 3.63) is 36.0 Å². The molecule has 1 aliphatic heterocycles. The summed E-state index contributed by atoms with van der Waals surface area (Å²) in [5.74, 6) is -0.546. The standard InChI is InChI=1S/C14H14N2O3S/c1-15-12(18)11-7-9-5-3-4-6-10(9)16(11)13(19)14(15,8-17)20-2/h3-7,17H,8H2,1-2H3. The van der Waals surface area contributed by atoms with E-state index in [9.17, 15) is 14.7 Å². The number of likely N-dealkylation sites (N-methyl/N-ethyl adjacent to an activating group) is 1. The predicted molar refractivity (Wildman–Crippen MR) is 78.0 cm³/mol. The Morgan fingerprint density at radius 1 is 1.30 bits per heavy atom. The number of hydrogen-bond donors (Lipinski definition) is 1. The van der Waals surface area contributed by atoms with Crippen LogP contribution in [0.15, 0.2) is 30.3 Å². The molecule has 0 aliphatic carbocycles. The molecule has 2 heterocycles. The van der Waals surface area contributed by atoms with E-state index in [0.717, 1.165) is 5.39 Å². The molecule has 0 saturated heterocycles. The number of carbonyl (C=O) groups is 2. The number of nitrogens with zero attached hydrogens (tertiary/aromatic N) is 2. The van der Waals surface area contributed by atoms with Gasteiger partial charge in [-0.3, -0.25) is 14.2 Å². The maximum atomic E-state index is 12.8. The van der Waals surface area contributed by atoms with Gasteiger partial charge in [-0.05, 0) is 18.4 Å². The molecule has 0 spiro atoms. The van der Waals surface area contributed by atoms with Crippen LogP contribution in [-0.2, 0) is 0 Å². The van der Waals surface area contributed by atoms with Crippen molar-refractivity contribution < 1.29 is 14.7 Å². The summed E-state index contributed by atoms with van der Waals surface area (Å²) in [6, 6.07) is 9.07. The van der Waals surface area contributed by atoms with Gasteiger partial charge in [0.25, 0.3) is 11.8 Å². The minimum atomic E-state index is -1.26. The van der Waals surface area contributed by atoms with Crippen molar-refractivity contribution in [2.75, 3.05) is 19.9 Å². The number of benzene rings is 1. The van der Waals surface area contributed by atoms with Gasteiger partial charge in [-0.2, -0.15) is 0 Å². The predicted octanol–water partition coefficient (Wildman–Crippen LogP) is 1.42. The van der Waals surface area contributed by atoms with Gasteiger partial charge < -0.3 is 10.0 Å². The SMILES string of the molecule is CSC1(CO)C(=O)n2c(cc3ccccc32)C(=O)N1C. The quantitative estimate of drug-likeness (QED) is 0.908. The highest BCUT2D eigenvalue weighted by atomic mass is 32.2. The lowest BCUT2D eigenvalue weighted by Crippen LogP contribution is -2.61. The Bertz CT molecular complexity index is 718. The molecule has 0 saturated carbocycles. The normalized spacial score (nSPS) is 22.4. The average molecular weight is 290 g/mol. The van der Waals surface area contributed by atoms with Crippen LogP contribution in [0, 0.1) is 0 Å². The lowest BCUT2D eigenvalue weighted by atomic mass is 10.1. The third-order valence-electron chi connectivity index (χ3n) is 3.87. The Hall–Kier alpha value is -1.79. The van der Waals surface area contributed by atoms with E-state index in [2.05, 4.69) is 0 Å². The van der Waals surface area contributed by atoms with Crippen LogP contribution in [0.2, 0.25) is 0 Å². The highest BCUT2D eigenvalue weighted by Crippen LogP contribution is 2.36. The fourth-order valence-electron chi connectivity index (χ4n) is 2.65. The van der Waals surface area contributed by atoms with Crippen LogP contribution in [0.1, 0.15) is 15.3 Å². The number of aliphatic hydroxyl groups is 1. The van der Waals surface area contributed by atoms with Gasteiger partial charge in [0.15, 0.2) is 4.87 Å². The number of rotatable bonds is 2. The molecule has 5 nitrogen and oxygen atoms in total. The van der Waals surface area contributed by atoms with Crippen LogP contribution in [-0.4, -0.2) is 51.2 Å². The summed E-state index contributed by atoms with van der Waals surface area (Å²) in [6.45, 7) is -0.415. The van der Waals surface area contributed by atoms with Crippen LogP contribution in [0.4, 0.5) is 0 Å². The van der Waals surface area contributed by atoms with E-state index in [-0.39, 0.29) is 11.8 Å². The first kappa shape index (κ1) is 13.2. The molecule has 3 rings (SSSR count). The van der Waals surface area contributed by atoms with E-state index in [1.165, 1.54) is 21.2 Å². The first-order valence-electron chi connectivity index (χ1n) is 6.16. The molecule has 1 aliphatic rings. The number of thioether (sulfide) groups is 1. The summed E-state index contributed by atoms with van der Waals surface area (Å²) in [5.41, 5.74) is 1.04. The average Bonchev–Trinajstić information content (AvgIpc) is 2.86. The molecule has 104 valence electrons. The number of amides is 1. The maximum absolute atomic E-state index is 12.8. The van der Waals surface area contributed by atoms with E-state index in [4.69, 9.17) is 0 Å². The molecule has 0 fully saturated rings. The largest absolute Gasteiger partial charge is 0.392 e. The molecular weight excluding hydrogens is 276 g/mol. The lowest BCUT2D eigenvalue weighted by molar-refractivity contribution is 0.0412. The van der Waals surface area contributed by atoms with Crippen molar-refractivity contribution in [1.82, 2.24) is 9.47 Å². The number of fused-ring (bicyclic) bond motifs is 3. The maximum Gasteiger partial charge on any atom is 0.272 e. The molecule has 20 heavy (non-hydrogen) atoms. The third-order valence-corrected chi connectivity index (χ3v) is 5.12. The van der Waals surface area contributed by atoms with Gasteiger partial charge >= 0.3 is 0 Å². The van der Waals surface area contributed by atoms with Crippen LogP contribution in [0.3, 0.4) is 0 Å². The van der Waals surface area contributed by atoms with Crippen molar-refractivity contribution >= 4 is 34.5 Å². The van der Waals surface area contributed by atoms with E-state index in [1.807, 2.05) is 18.2 Å². The van der Waals surface area contributed by atoms with E-state index in [0.29, 0.717) is 11.2 Å². The fraction of sp³-hybridized carbons (Fsp3) is 0.286.